The van der Waals surface area contributed by atoms with E-state index in [2.05, 4.69) is 60.6 Å². The Labute approximate surface area is 151 Å². The number of rotatable bonds is 8. The van der Waals surface area contributed by atoms with E-state index < -0.39 is 0 Å². The molecule has 0 aliphatic carbocycles. The van der Waals surface area contributed by atoms with Gasteiger partial charge in [-0.05, 0) is 31.1 Å². The molecule has 0 saturated heterocycles. The van der Waals surface area contributed by atoms with Crippen molar-refractivity contribution in [1.29, 1.82) is 0 Å². The number of likely N-dealkylation sites (N-methyl/N-ethyl adjacent to an activating group) is 1. The van der Waals surface area contributed by atoms with Gasteiger partial charge in [0.05, 0.1) is 6.04 Å². The van der Waals surface area contributed by atoms with Crippen LogP contribution in [0, 0.1) is 6.92 Å². The molecule has 0 fully saturated rings. The van der Waals surface area contributed by atoms with Crippen LogP contribution >= 0.6 is 0 Å². The van der Waals surface area contributed by atoms with Crippen molar-refractivity contribution in [2.24, 2.45) is 0 Å². The lowest BCUT2D eigenvalue weighted by Crippen LogP contribution is -2.42. The summed E-state index contributed by atoms with van der Waals surface area (Å²) < 4.78 is 0. The number of benzene rings is 2. The van der Waals surface area contributed by atoms with Gasteiger partial charge >= 0.3 is 6.03 Å². The van der Waals surface area contributed by atoms with Crippen LogP contribution in [0.15, 0.2) is 54.6 Å². The smallest absolute Gasteiger partial charge is 0.315 e. The van der Waals surface area contributed by atoms with E-state index in [0.29, 0.717) is 13.1 Å². The lowest BCUT2D eigenvalue weighted by molar-refractivity contribution is 0.206. The highest BCUT2D eigenvalue weighted by Crippen LogP contribution is 2.19. The Morgan fingerprint density at radius 1 is 0.960 bits per heavy atom. The molecule has 2 aromatic rings. The van der Waals surface area contributed by atoms with Crippen molar-refractivity contribution in [2.75, 3.05) is 19.6 Å². The third kappa shape index (κ3) is 5.91. The summed E-state index contributed by atoms with van der Waals surface area (Å²) in [6.07, 6.45) is 0. The molecule has 0 bridgehead atoms. The fourth-order valence-electron chi connectivity index (χ4n) is 2.94. The SMILES string of the molecule is CCN(CC)C(CNC(=O)NCc1ccc(C)cc1)c1ccccc1. The van der Waals surface area contributed by atoms with Crippen molar-refractivity contribution in [3.8, 4) is 0 Å². The number of aryl methyl sites for hydroxylation is 1. The van der Waals surface area contributed by atoms with Gasteiger partial charge in [-0.3, -0.25) is 4.90 Å². The van der Waals surface area contributed by atoms with Gasteiger partial charge in [-0.2, -0.15) is 0 Å². The minimum Gasteiger partial charge on any atom is -0.336 e. The van der Waals surface area contributed by atoms with Gasteiger partial charge in [0, 0.05) is 13.1 Å². The number of hydrogen-bond donors (Lipinski definition) is 2. The van der Waals surface area contributed by atoms with Crippen LogP contribution in [0.3, 0.4) is 0 Å². The molecule has 4 heteroatoms. The minimum absolute atomic E-state index is 0.131. The zero-order valence-corrected chi connectivity index (χ0v) is 15.5. The first-order chi connectivity index (χ1) is 12.1. The van der Waals surface area contributed by atoms with E-state index in [0.717, 1.165) is 18.7 Å². The molecule has 25 heavy (non-hydrogen) atoms. The third-order valence-corrected chi connectivity index (χ3v) is 4.47. The van der Waals surface area contributed by atoms with Crippen LogP contribution in [0.2, 0.25) is 0 Å². The van der Waals surface area contributed by atoms with E-state index >= 15 is 0 Å². The highest BCUT2D eigenvalue weighted by atomic mass is 16.2. The van der Waals surface area contributed by atoms with Crippen molar-refractivity contribution in [3.05, 3.63) is 71.3 Å². The predicted octanol–water partition coefficient (Wildman–Crippen LogP) is 3.88. The number of carbonyl (C=O) groups is 1. The van der Waals surface area contributed by atoms with Gasteiger partial charge < -0.3 is 10.6 Å². The molecule has 0 spiro atoms. The number of amides is 2. The van der Waals surface area contributed by atoms with Crippen LogP contribution in [-0.4, -0.2) is 30.6 Å². The van der Waals surface area contributed by atoms with Crippen LogP contribution in [0.5, 0.6) is 0 Å². The monoisotopic (exact) mass is 339 g/mol. The summed E-state index contributed by atoms with van der Waals surface area (Å²) in [5, 5.41) is 5.95. The van der Waals surface area contributed by atoms with Crippen molar-refractivity contribution in [3.63, 3.8) is 0 Å². The normalized spacial score (nSPS) is 12.0. The van der Waals surface area contributed by atoms with Gasteiger partial charge in [-0.25, -0.2) is 4.79 Å². The summed E-state index contributed by atoms with van der Waals surface area (Å²) in [4.78, 5) is 14.5. The summed E-state index contributed by atoms with van der Waals surface area (Å²) >= 11 is 0. The van der Waals surface area contributed by atoms with Gasteiger partial charge in [-0.15, -0.1) is 0 Å². The van der Waals surface area contributed by atoms with Crippen LogP contribution in [0.25, 0.3) is 0 Å². The molecule has 4 nitrogen and oxygen atoms in total. The Morgan fingerprint density at radius 2 is 1.60 bits per heavy atom. The molecule has 0 saturated carbocycles. The highest BCUT2D eigenvalue weighted by molar-refractivity contribution is 5.73. The Hall–Kier alpha value is -2.33. The van der Waals surface area contributed by atoms with Crippen LogP contribution in [0.1, 0.15) is 36.6 Å². The van der Waals surface area contributed by atoms with Crippen molar-refractivity contribution >= 4 is 6.03 Å². The van der Waals surface area contributed by atoms with Crippen molar-refractivity contribution in [1.82, 2.24) is 15.5 Å². The molecule has 1 atom stereocenters. The third-order valence-electron chi connectivity index (χ3n) is 4.47. The van der Waals surface area contributed by atoms with E-state index in [4.69, 9.17) is 0 Å². The molecule has 134 valence electrons. The molecule has 1 unspecified atom stereocenters. The zero-order valence-electron chi connectivity index (χ0n) is 15.5. The second-order valence-corrected chi connectivity index (χ2v) is 6.20. The van der Waals surface area contributed by atoms with E-state index in [1.54, 1.807) is 0 Å². The Balaban J connectivity index is 1.90. The molecular weight excluding hydrogens is 310 g/mol. The largest absolute Gasteiger partial charge is 0.336 e. The molecule has 0 aliphatic rings. The van der Waals surface area contributed by atoms with Crippen molar-refractivity contribution in [2.45, 2.75) is 33.4 Å². The molecular formula is C21H29N3O. The molecule has 2 aromatic carbocycles. The molecule has 0 aromatic heterocycles. The molecule has 2 N–H and O–H groups in total. The summed E-state index contributed by atoms with van der Waals surface area (Å²) in [5.41, 5.74) is 3.55. The average molecular weight is 339 g/mol. The van der Waals surface area contributed by atoms with Gasteiger partial charge in [0.15, 0.2) is 0 Å². The maximum Gasteiger partial charge on any atom is 0.315 e. The van der Waals surface area contributed by atoms with Crippen LogP contribution in [0.4, 0.5) is 4.79 Å². The topological polar surface area (TPSA) is 44.4 Å². The predicted molar refractivity (Wildman–Crippen MR) is 104 cm³/mol. The van der Waals surface area contributed by atoms with Crippen LogP contribution < -0.4 is 10.6 Å². The van der Waals surface area contributed by atoms with E-state index in [1.807, 2.05) is 30.3 Å². The first kappa shape index (κ1) is 19.0. The van der Waals surface area contributed by atoms with Gasteiger partial charge in [0.1, 0.15) is 0 Å². The second kappa shape index (κ2) is 9.84. The first-order valence-corrected chi connectivity index (χ1v) is 9.00. The number of nitrogens with zero attached hydrogens (tertiary/aromatic N) is 1. The number of carbonyl (C=O) groups excluding carboxylic acids is 1. The number of hydrogen-bond acceptors (Lipinski definition) is 2. The summed E-state index contributed by atoms with van der Waals surface area (Å²) in [7, 11) is 0. The van der Waals surface area contributed by atoms with Crippen LogP contribution in [-0.2, 0) is 6.54 Å². The minimum atomic E-state index is -0.131. The molecule has 2 rings (SSSR count). The Bertz CT molecular complexity index is 636. The van der Waals surface area contributed by atoms with E-state index in [9.17, 15) is 4.79 Å². The summed E-state index contributed by atoms with van der Waals surface area (Å²) in [5.74, 6) is 0. The molecule has 2 amide bonds. The Morgan fingerprint density at radius 3 is 2.20 bits per heavy atom. The van der Waals surface area contributed by atoms with E-state index in [-0.39, 0.29) is 12.1 Å². The van der Waals surface area contributed by atoms with Gasteiger partial charge in [0.2, 0.25) is 0 Å². The van der Waals surface area contributed by atoms with Gasteiger partial charge in [-0.1, -0.05) is 74.0 Å². The molecule has 0 radical (unpaired) electrons. The maximum absolute atomic E-state index is 12.2. The van der Waals surface area contributed by atoms with Crippen molar-refractivity contribution < 1.29 is 4.79 Å². The first-order valence-electron chi connectivity index (χ1n) is 9.00. The lowest BCUT2D eigenvalue weighted by atomic mass is 10.1. The number of nitrogens with one attached hydrogen (secondary N) is 2. The fraction of sp³-hybridized carbons (Fsp3) is 0.381. The Kier molecular flexibility index (Phi) is 7.48. The summed E-state index contributed by atoms with van der Waals surface area (Å²) in [6, 6.07) is 18.6. The standard InChI is InChI=1S/C21H29N3O/c1-4-24(5-2)20(19-9-7-6-8-10-19)16-23-21(25)22-15-18-13-11-17(3)12-14-18/h6-14,20H,4-5,15-16H2,1-3H3,(H2,22,23,25). The number of urea groups is 1. The fourth-order valence-corrected chi connectivity index (χ4v) is 2.94. The summed E-state index contributed by atoms with van der Waals surface area (Å²) in [6.45, 7) is 9.37. The van der Waals surface area contributed by atoms with E-state index in [1.165, 1.54) is 11.1 Å². The highest BCUT2D eigenvalue weighted by Gasteiger charge is 2.18. The molecule has 0 aliphatic heterocycles. The zero-order chi connectivity index (χ0) is 18.1. The molecule has 0 heterocycles. The lowest BCUT2D eigenvalue weighted by Gasteiger charge is -2.30. The van der Waals surface area contributed by atoms with Gasteiger partial charge in [0.25, 0.3) is 0 Å². The average Bonchev–Trinajstić information content (AvgIpc) is 2.65. The quantitative estimate of drug-likeness (QED) is 0.766. The maximum atomic E-state index is 12.2. The second-order valence-electron chi connectivity index (χ2n) is 6.20.